The number of rotatable bonds is 6. The van der Waals surface area contributed by atoms with E-state index >= 15 is 0 Å². The Morgan fingerprint density at radius 1 is 0.861 bits per heavy atom. The summed E-state index contributed by atoms with van der Waals surface area (Å²) >= 11 is 0. The lowest BCUT2D eigenvalue weighted by atomic mass is 10.0. The lowest BCUT2D eigenvalue weighted by Crippen LogP contribution is -2.27. The van der Waals surface area contributed by atoms with Crippen molar-refractivity contribution in [2.75, 3.05) is 20.7 Å². The SMILES string of the molecule is Cc1nc2c(-c3ccccc3)c(-c3ccccc3)[nH]n2c(=O)c1-c1ccc(OCC(=O)N(C)C)cc1. The number of likely N-dealkylation sites (N-methyl/N-ethyl adjacent to an activating group) is 1. The van der Waals surface area contributed by atoms with E-state index in [1.807, 2.05) is 79.7 Å². The van der Waals surface area contributed by atoms with Gasteiger partial charge in [0.25, 0.3) is 11.5 Å². The van der Waals surface area contributed by atoms with Crippen molar-refractivity contribution < 1.29 is 9.53 Å². The monoisotopic (exact) mass is 478 g/mol. The van der Waals surface area contributed by atoms with Crippen molar-refractivity contribution in [1.82, 2.24) is 19.5 Å². The largest absolute Gasteiger partial charge is 0.484 e. The van der Waals surface area contributed by atoms with E-state index in [-0.39, 0.29) is 18.1 Å². The van der Waals surface area contributed by atoms with Crippen LogP contribution in [0.1, 0.15) is 5.69 Å². The highest BCUT2D eigenvalue weighted by atomic mass is 16.5. The molecule has 7 nitrogen and oxygen atoms in total. The number of aromatic nitrogens is 3. The summed E-state index contributed by atoms with van der Waals surface area (Å²) in [6.45, 7) is 1.80. The Kier molecular flexibility index (Phi) is 6.12. The highest BCUT2D eigenvalue weighted by molar-refractivity contribution is 5.91. The lowest BCUT2D eigenvalue weighted by Gasteiger charge is -2.12. The molecule has 0 fully saturated rings. The molecule has 0 unspecified atom stereocenters. The summed E-state index contributed by atoms with van der Waals surface area (Å²) < 4.78 is 7.09. The van der Waals surface area contributed by atoms with Gasteiger partial charge in [-0.15, -0.1) is 0 Å². The van der Waals surface area contributed by atoms with Gasteiger partial charge in [0, 0.05) is 19.7 Å². The molecule has 7 heteroatoms. The van der Waals surface area contributed by atoms with Crippen LogP contribution in [0, 0.1) is 6.92 Å². The molecule has 3 aromatic carbocycles. The van der Waals surface area contributed by atoms with Crippen molar-refractivity contribution >= 4 is 11.6 Å². The fourth-order valence-electron chi connectivity index (χ4n) is 4.19. The van der Waals surface area contributed by atoms with Crippen molar-refractivity contribution in [2.45, 2.75) is 6.92 Å². The first kappa shape index (κ1) is 23.1. The van der Waals surface area contributed by atoms with Gasteiger partial charge in [0.2, 0.25) is 0 Å². The summed E-state index contributed by atoms with van der Waals surface area (Å²) in [6.07, 6.45) is 0. The van der Waals surface area contributed by atoms with E-state index in [0.717, 1.165) is 27.9 Å². The molecule has 0 aliphatic rings. The number of ether oxygens (including phenoxy) is 1. The molecule has 1 N–H and O–H groups in total. The van der Waals surface area contributed by atoms with Crippen LogP contribution in [0.4, 0.5) is 0 Å². The van der Waals surface area contributed by atoms with E-state index < -0.39 is 0 Å². The molecule has 2 aromatic heterocycles. The maximum Gasteiger partial charge on any atom is 0.280 e. The maximum absolute atomic E-state index is 13.8. The molecule has 0 radical (unpaired) electrons. The summed E-state index contributed by atoms with van der Waals surface area (Å²) in [4.78, 5) is 31.9. The Balaban J connectivity index is 1.62. The third-order valence-corrected chi connectivity index (χ3v) is 6.09. The first-order valence-electron chi connectivity index (χ1n) is 11.6. The Bertz CT molecular complexity index is 1590. The third kappa shape index (κ3) is 4.27. The smallest absolute Gasteiger partial charge is 0.280 e. The molecular formula is C29H26N4O3. The number of hydrogen-bond acceptors (Lipinski definition) is 4. The van der Waals surface area contributed by atoms with E-state index in [2.05, 4.69) is 5.10 Å². The molecule has 0 saturated heterocycles. The summed E-state index contributed by atoms with van der Waals surface area (Å²) in [6, 6.07) is 27.0. The lowest BCUT2D eigenvalue weighted by molar-refractivity contribution is -0.130. The van der Waals surface area contributed by atoms with Gasteiger partial charge in [0.05, 0.1) is 22.5 Å². The zero-order valence-corrected chi connectivity index (χ0v) is 20.4. The number of fused-ring (bicyclic) bond motifs is 1. The molecule has 0 aliphatic heterocycles. The van der Waals surface area contributed by atoms with Crippen molar-refractivity contribution in [3.63, 3.8) is 0 Å². The number of amides is 1. The molecule has 1 amide bonds. The quantitative estimate of drug-likeness (QED) is 0.380. The van der Waals surface area contributed by atoms with Crippen molar-refractivity contribution in [3.05, 3.63) is 101 Å². The van der Waals surface area contributed by atoms with Gasteiger partial charge < -0.3 is 9.64 Å². The highest BCUT2D eigenvalue weighted by Gasteiger charge is 2.21. The number of hydrogen-bond donors (Lipinski definition) is 1. The van der Waals surface area contributed by atoms with Gasteiger partial charge in [-0.3, -0.25) is 14.7 Å². The number of benzene rings is 3. The van der Waals surface area contributed by atoms with Gasteiger partial charge in [-0.25, -0.2) is 4.98 Å². The molecule has 0 atom stereocenters. The molecule has 0 aliphatic carbocycles. The number of carbonyl (C=O) groups excluding carboxylic acids is 1. The first-order chi connectivity index (χ1) is 17.4. The number of aryl methyl sites for hydroxylation is 1. The zero-order chi connectivity index (χ0) is 25.2. The van der Waals surface area contributed by atoms with E-state index in [1.54, 1.807) is 26.2 Å². The third-order valence-electron chi connectivity index (χ3n) is 6.09. The molecule has 5 rings (SSSR count). The Morgan fingerprint density at radius 3 is 2.06 bits per heavy atom. The van der Waals surface area contributed by atoms with Crippen LogP contribution >= 0.6 is 0 Å². The van der Waals surface area contributed by atoms with Crippen LogP contribution in [-0.2, 0) is 4.79 Å². The van der Waals surface area contributed by atoms with Crippen LogP contribution in [0.25, 0.3) is 39.2 Å². The maximum atomic E-state index is 13.8. The van der Waals surface area contributed by atoms with Gasteiger partial charge >= 0.3 is 0 Å². The minimum absolute atomic E-state index is 0.0471. The van der Waals surface area contributed by atoms with Crippen LogP contribution in [0.2, 0.25) is 0 Å². The molecule has 2 heterocycles. The fraction of sp³-hybridized carbons (Fsp3) is 0.138. The van der Waals surface area contributed by atoms with Crippen LogP contribution in [0.3, 0.4) is 0 Å². The number of nitrogens with zero attached hydrogens (tertiary/aromatic N) is 3. The number of aromatic amines is 1. The summed E-state index contributed by atoms with van der Waals surface area (Å²) in [5.74, 6) is 0.427. The second-order valence-corrected chi connectivity index (χ2v) is 8.73. The molecule has 36 heavy (non-hydrogen) atoms. The van der Waals surface area contributed by atoms with E-state index in [4.69, 9.17) is 9.72 Å². The molecule has 0 spiro atoms. The standard InChI is InChI=1S/C29H26N4O3/c1-19-25(21-14-16-23(17-15-21)36-18-24(34)32(2)3)29(35)33-28(30-19)26(20-10-6-4-7-11-20)27(31-33)22-12-8-5-9-13-22/h4-17,31H,18H2,1-3H3. The van der Waals surface area contributed by atoms with Gasteiger partial charge in [-0.05, 0) is 30.2 Å². The predicted molar refractivity (Wildman–Crippen MR) is 141 cm³/mol. The van der Waals surface area contributed by atoms with Crippen molar-refractivity contribution in [3.8, 4) is 39.3 Å². The fourth-order valence-corrected chi connectivity index (χ4v) is 4.19. The van der Waals surface area contributed by atoms with Crippen molar-refractivity contribution in [2.24, 2.45) is 0 Å². The summed E-state index contributed by atoms with van der Waals surface area (Å²) in [5, 5.41) is 3.31. The zero-order valence-electron chi connectivity index (χ0n) is 20.4. The van der Waals surface area contributed by atoms with Crippen LogP contribution in [0.15, 0.2) is 89.7 Å². The predicted octanol–water partition coefficient (Wildman–Crippen LogP) is 4.80. The second kappa shape index (κ2) is 9.54. The second-order valence-electron chi connectivity index (χ2n) is 8.73. The molecule has 0 saturated carbocycles. The minimum atomic E-state index is -0.187. The highest BCUT2D eigenvalue weighted by Crippen LogP contribution is 2.34. The number of H-pyrrole nitrogens is 1. The normalized spacial score (nSPS) is 11.0. The number of nitrogens with one attached hydrogen (secondary N) is 1. The minimum Gasteiger partial charge on any atom is -0.484 e. The Hall–Kier alpha value is -4.65. The van der Waals surface area contributed by atoms with Crippen LogP contribution in [0.5, 0.6) is 5.75 Å². The van der Waals surface area contributed by atoms with E-state index in [9.17, 15) is 9.59 Å². The molecule has 0 bridgehead atoms. The van der Waals surface area contributed by atoms with Crippen LogP contribution < -0.4 is 10.3 Å². The average Bonchev–Trinajstić information content (AvgIpc) is 3.28. The topological polar surface area (TPSA) is 79.7 Å². The first-order valence-corrected chi connectivity index (χ1v) is 11.6. The van der Waals surface area contributed by atoms with Crippen LogP contribution in [-0.4, -0.2) is 46.1 Å². The number of carbonyl (C=O) groups is 1. The van der Waals surface area contributed by atoms with Gasteiger partial charge in [-0.1, -0.05) is 72.8 Å². The van der Waals surface area contributed by atoms with E-state index in [0.29, 0.717) is 22.7 Å². The molecule has 180 valence electrons. The summed E-state index contributed by atoms with van der Waals surface area (Å²) in [5.41, 5.74) is 5.90. The average molecular weight is 479 g/mol. The molecular weight excluding hydrogens is 452 g/mol. The van der Waals surface area contributed by atoms with Gasteiger partial charge in [0.15, 0.2) is 12.3 Å². The van der Waals surface area contributed by atoms with Gasteiger partial charge in [0.1, 0.15) is 5.75 Å². The Morgan fingerprint density at radius 2 is 1.44 bits per heavy atom. The molecule has 5 aromatic rings. The Labute approximate surface area is 208 Å². The van der Waals surface area contributed by atoms with Gasteiger partial charge in [-0.2, -0.15) is 4.52 Å². The summed E-state index contributed by atoms with van der Waals surface area (Å²) in [7, 11) is 3.36. The van der Waals surface area contributed by atoms with E-state index in [1.165, 1.54) is 9.42 Å². The van der Waals surface area contributed by atoms with Crippen molar-refractivity contribution in [1.29, 1.82) is 0 Å².